The van der Waals surface area contributed by atoms with Crippen molar-refractivity contribution < 1.29 is 14.7 Å². The van der Waals surface area contributed by atoms with Crippen molar-refractivity contribution in [1.29, 1.82) is 0 Å². The number of nitrogens with one attached hydrogen (secondary N) is 1. The van der Waals surface area contributed by atoms with Crippen molar-refractivity contribution in [3.05, 3.63) is 101 Å². The monoisotopic (exact) mass is 423 g/mol. The molecule has 0 saturated carbocycles. The van der Waals surface area contributed by atoms with Gasteiger partial charge in [0.25, 0.3) is 5.91 Å². The number of nitrogens with zero attached hydrogens (tertiary/aromatic N) is 2. The summed E-state index contributed by atoms with van der Waals surface area (Å²) in [6, 6.07) is 23.1. The number of aromatic nitrogens is 1. The number of rotatable bonds is 3. The van der Waals surface area contributed by atoms with Crippen LogP contribution in [0.1, 0.15) is 28.4 Å². The number of fused-ring (bicyclic) bond motifs is 4. The first kappa shape index (κ1) is 18.7. The second-order valence-electron chi connectivity index (χ2n) is 8.38. The summed E-state index contributed by atoms with van der Waals surface area (Å²) in [5.74, 6) is -0.0543. The number of benzene rings is 3. The maximum atomic E-state index is 13.6. The Morgan fingerprint density at radius 3 is 2.53 bits per heavy atom. The van der Waals surface area contributed by atoms with Crippen molar-refractivity contribution in [1.82, 2.24) is 14.8 Å². The van der Waals surface area contributed by atoms with Gasteiger partial charge in [-0.15, -0.1) is 0 Å². The molecule has 3 amide bonds. The second kappa shape index (κ2) is 6.99. The third kappa shape index (κ3) is 2.73. The predicted octanol–water partition coefficient (Wildman–Crippen LogP) is 4.35. The van der Waals surface area contributed by atoms with Gasteiger partial charge in [0.05, 0.1) is 6.54 Å². The number of aromatic amines is 1. The van der Waals surface area contributed by atoms with Gasteiger partial charge in [0, 0.05) is 23.0 Å². The van der Waals surface area contributed by atoms with Gasteiger partial charge < -0.3 is 10.1 Å². The molecule has 1 saturated heterocycles. The van der Waals surface area contributed by atoms with Gasteiger partial charge in [-0.25, -0.2) is 4.79 Å². The van der Waals surface area contributed by atoms with Gasteiger partial charge >= 0.3 is 6.03 Å². The molecule has 158 valence electrons. The van der Waals surface area contributed by atoms with Crippen molar-refractivity contribution >= 4 is 22.8 Å². The zero-order valence-corrected chi connectivity index (χ0v) is 17.2. The molecule has 2 N–H and O–H groups in total. The van der Waals surface area contributed by atoms with Crippen LogP contribution in [0.4, 0.5) is 4.79 Å². The lowest BCUT2D eigenvalue weighted by molar-refractivity contribution is -0.129. The minimum Gasteiger partial charge on any atom is -0.508 e. The fourth-order valence-corrected chi connectivity index (χ4v) is 5.08. The second-order valence-corrected chi connectivity index (χ2v) is 8.38. The van der Waals surface area contributed by atoms with Crippen LogP contribution in [0.25, 0.3) is 10.9 Å². The summed E-state index contributed by atoms with van der Waals surface area (Å²) in [5, 5.41) is 11.2. The van der Waals surface area contributed by atoms with Crippen molar-refractivity contribution in [3.8, 4) is 5.75 Å². The van der Waals surface area contributed by atoms with E-state index in [2.05, 4.69) is 4.98 Å². The van der Waals surface area contributed by atoms with Crippen molar-refractivity contribution in [2.24, 2.45) is 0 Å². The van der Waals surface area contributed by atoms with Gasteiger partial charge in [-0.05, 0) is 34.9 Å². The average molecular weight is 423 g/mol. The number of H-pyrrole nitrogens is 1. The number of hydrogen-bond acceptors (Lipinski definition) is 3. The number of phenols is 1. The number of carbonyl (C=O) groups excluding carboxylic acids is 2. The standard InChI is InChI=1S/C26H21N3O3/c30-18-10-6-9-17(13-18)24-23-20(19-11-4-5-12-21(19)27-23)14-22-25(31)28(26(32)29(22)24)15-16-7-2-1-3-8-16/h1-13,22,24,27,30H,14-15H2. The summed E-state index contributed by atoms with van der Waals surface area (Å²) in [6.07, 6.45) is 0.463. The molecule has 0 spiro atoms. The van der Waals surface area contributed by atoms with Gasteiger partial charge in [0.2, 0.25) is 0 Å². The van der Waals surface area contributed by atoms with Crippen LogP contribution in [0.5, 0.6) is 5.75 Å². The molecule has 0 bridgehead atoms. The Morgan fingerprint density at radius 1 is 0.938 bits per heavy atom. The molecule has 4 aromatic rings. The normalized spacial score (nSPS) is 20.0. The molecule has 0 aliphatic carbocycles. The molecule has 1 aromatic heterocycles. The fraction of sp³-hybridized carbons (Fsp3) is 0.154. The molecule has 2 unspecified atom stereocenters. The van der Waals surface area contributed by atoms with Crippen LogP contribution in [-0.4, -0.2) is 37.9 Å². The molecule has 2 atom stereocenters. The topological polar surface area (TPSA) is 76.6 Å². The van der Waals surface area contributed by atoms with Crippen LogP contribution in [0.15, 0.2) is 78.9 Å². The third-order valence-electron chi connectivity index (χ3n) is 6.50. The smallest absolute Gasteiger partial charge is 0.328 e. The van der Waals surface area contributed by atoms with Crippen LogP contribution in [0, 0.1) is 0 Å². The summed E-state index contributed by atoms with van der Waals surface area (Å²) in [5.41, 5.74) is 4.61. The van der Waals surface area contributed by atoms with Crippen LogP contribution in [0.3, 0.4) is 0 Å². The molecule has 2 aliphatic rings. The highest BCUT2D eigenvalue weighted by atomic mass is 16.3. The number of aromatic hydroxyl groups is 1. The van der Waals surface area contributed by atoms with E-state index in [9.17, 15) is 14.7 Å². The summed E-state index contributed by atoms with van der Waals surface area (Å²) in [7, 11) is 0. The molecule has 6 heteroatoms. The summed E-state index contributed by atoms with van der Waals surface area (Å²) in [4.78, 5) is 33.6. The molecule has 0 radical (unpaired) electrons. The maximum absolute atomic E-state index is 13.6. The van der Waals surface area contributed by atoms with Gasteiger partial charge in [-0.2, -0.15) is 0 Å². The van der Waals surface area contributed by atoms with Crippen LogP contribution in [-0.2, 0) is 17.8 Å². The number of urea groups is 1. The molecular formula is C26H21N3O3. The Morgan fingerprint density at radius 2 is 1.72 bits per heavy atom. The van der Waals surface area contributed by atoms with Gasteiger partial charge in [-0.1, -0.05) is 60.7 Å². The molecule has 6 rings (SSSR count). The van der Waals surface area contributed by atoms with Crippen molar-refractivity contribution in [2.75, 3.05) is 0 Å². The van der Waals surface area contributed by atoms with E-state index in [-0.39, 0.29) is 24.2 Å². The van der Waals surface area contributed by atoms with Crippen molar-refractivity contribution in [3.63, 3.8) is 0 Å². The molecule has 2 aliphatic heterocycles. The lowest BCUT2D eigenvalue weighted by atomic mass is 9.89. The minimum absolute atomic E-state index is 0.126. The molecule has 3 aromatic carbocycles. The number of imide groups is 1. The largest absolute Gasteiger partial charge is 0.508 e. The summed E-state index contributed by atoms with van der Waals surface area (Å²) in [6.45, 7) is 0.243. The van der Waals surface area contributed by atoms with E-state index in [1.807, 2.05) is 60.7 Å². The molecular weight excluding hydrogens is 402 g/mol. The highest BCUT2D eigenvalue weighted by molar-refractivity contribution is 6.05. The number of para-hydroxylation sites is 1. The van der Waals surface area contributed by atoms with Crippen LogP contribution < -0.4 is 0 Å². The minimum atomic E-state index is -0.578. The summed E-state index contributed by atoms with van der Waals surface area (Å²) < 4.78 is 0. The first-order valence-electron chi connectivity index (χ1n) is 10.7. The predicted molar refractivity (Wildman–Crippen MR) is 120 cm³/mol. The fourth-order valence-electron chi connectivity index (χ4n) is 5.08. The number of phenolic OH excluding ortho intramolecular Hbond substituents is 1. The van der Waals surface area contributed by atoms with Crippen LogP contribution in [0.2, 0.25) is 0 Å². The van der Waals surface area contributed by atoms with Crippen LogP contribution >= 0.6 is 0 Å². The van der Waals surface area contributed by atoms with E-state index < -0.39 is 12.1 Å². The van der Waals surface area contributed by atoms with E-state index in [0.29, 0.717) is 6.42 Å². The van der Waals surface area contributed by atoms with Gasteiger partial charge in [0.15, 0.2) is 0 Å². The van der Waals surface area contributed by atoms with E-state index >= 15 is 0 Å². The lowest BCUT2D eigenvalue weighted by Crippen LogP contribution is -2.44. The van der Waals surface area contributed by atoms with E-state index in [1.165, 1.54) is 4.90 Å². The Labute approximate surface area is 184 Å². The Kier molecular flexibility index (Phi) is 4.08. The number of carbonyl (C=O) groups is 2. The average Bonchev–Trinajstić information content (AvgIpc) is 3.29. The summed E-state index contributed by atoms with van der Waals surface area (Å²) >= 11 is 0. The van der Waals surface area contributed by atoms with E-state index in [4.69, 9.17) is 0 Å². The molecule has 32 heavy (non-hydrogen) atoms. The van der Waals surface area contributed by atoms with E-state index in [1.54, 1.807) is 23.1 Å². The van der Waals surface area contributed by atoms with E-state index in [0.717, 1.165) is 33.3 Å². The Hall–Kier alpha value is -4.06. The van der Waals surface area contributed by atoms with Crippen molar-refractivity contribution in [2.45, 2.75) is 25.0 Å². The third-order valence-corrected chi connectivity index (χ3v) is 6.50. The first-order chi connectivity index (χ1) is 15.6. The number of amides is 3. The Balaban J connectivity index is 1.50. The Bertz CT molecular complexity index is 1360. The van der Waals surface area contributed by atoms with Gasteiger partial charge in [-0.3, -0.25) is 14.6 Å². The zero-order chi connectivity index (χ0) is 21.8. The highest BCUT2D eigenvalue weighted by Gasteiger charge is 2.52. The SMILES string of the molecule is O=C1C2Cc3c([nH]c4ccccc34)C(c3cccc(O)c3)N2C(=O)N1Cc1ccccc1. The quantitative estimate of drug-likeness (QED) is 0.481. The lowest BCUT2D eigenvalue weighted by Gasteiger charge is -2.36. The zero-order valence-electron chi connectivity index (χ0n) is 17.2. The highest BCUT2D eigenvalue weighted by Crippen LogP contribution is 2.44. The van der Waals surface area contributed by atoms with Gasteiger partial charge in [0.1, 0.15) is 17.8 Å². The molecule has 1 fully saturated rings. The number of hydrogen-bond donors (Lipinski definition) is 2. The molecule has 3 heterocycles. The first-order valence-corrected chi connectivity index (χ1v) is 10.7. The molecule has 6 nitrogen and oxygen atoms in total. The maximum Gasteiger partial charge on any atom is 0.328 e.